The van der Waals surface area contributed by atoms with Gasteiger partial charge in [-0.3, -0.25) is 4.79 Å². The second-order valence-corrected chi connectivity index (χ2v) is 3.62. The first-order chi connectivity index (χ1) is 7.34. The molecule has 3 rings (SSSR count). The van der Waals surface area contributed by atoms with Crippen LogP contribution in [0.5, 0.6) is 0 Å². The van der Waals surface area contributed by atoms with Gasteiger partial charge in [-0.05, 0) is 12.1 Å². The minimum absolute atomic E-state index is 0.0350. The molecular weight excluding hydrogens is 188 g/mol. The summed E-state index contributed by atoms with van der Waals surface area (Å²) in [6.07, 6.45) is 4.01. The van der Waals surface area contributed by atoms with Gasteiger partial charge in [0.2, 0.25) is 5.91 Å². The number of fused-ring (bicyclic) bond motifs is 3. The maximum atomic E-state index is 11.3. The molecule has 1 aliphatic rings. The number of nitrogens with zero attached hydrogens (tertiary/aromatic N) is 1. The molecular formula is C12H10N2O. The topological polar surface area (TPSA) is 34.0 Å². The molecule has 0 fully saturated rings. The molecule has 0 saturated carbocycles. The molecule has 0 unspecified atom stereocenters. The first-order valence-electron chi connectivity index (χ1n) is 4.89. The van der Waals surface area contributed by atoms with Crippen LogP contribution in [0.1, 0.15) is 5.69 Å². The average molecular weight is 198 g/mol. The highest BCUT2D eigenvalue weighted by Gasteiger charge is 2.12. The first kappa shape index (κ1) is 8.29. The Hall–Kier alpha value is -2.03. The quantitative estimate of drug-likeness (QED) is 0.687. The minimum Gasteiger partial charge on any atom is -0.331 e. The molecule has 15 heavy (non-hydrogen) atoms. The summed E-state index contributed by atoms with van der Waals surface area (Å²) in [6, 6.07) is 10.2. The van der Waals surface area contributed by atoms with Crippen LogP contribution >= 0.6 is 0 Å². The van der Waals surface area contributed by atoms with Crippen molar-refractivity contribution in [2.45, 2.75) is 6.42 Å². The lowest BCUT2D eigenvalue weighted by molar-refractivity contribution is -0.119. The highest BCUT2D eigenvalue weighted by molar-refractivity contribution is 5.88. The van der Waals surface area contributed by atoms with E-state index in [9.17, 15) is 4.79 Å². The van der Waals surface area contributed by atoms with Crippen LogP contribution in [-0.4, -0.2) is 10.5 Å². The molecule has 0 saturated heterocycles. The highest BCUT2D eigenvalue weighted by Crippen LogP contribution is 2.21. The number of amides is 1. The Labute approximate surface area is 87.0 Å². The van der Waals surface area contributed by atoms with Gasteiger partial charge in [0.25, 0.3) is 0 Å². The normalized spacial score (nSPS) is 14.8. The van der Waals surface area contributed by atoms with Gasteiger partial charge in [0.15, 0.2) is 0 Å². The van der Waals surface area contributed by atoms with E-state index in [-0.39, 0.29) is 5.91 Å². The molecule has 2 heterocycles. The van der Waals surface area contributed by atoms with E-state index in [1.807, 2.05) is 22.9 Å². The van der Waals surface area contributed by atoms with Crippen molar-refractivity contribution in [2.24, 2.45) is 0 Å². The molecule has 2 aromatic rings. The van der Waals surface area contributed by atoms with Crippen LogP contribution in [-0.2, 0) is 11.2 Å². The van der Waals surface area contributed by atoms with Crippen molar-refractivity contribution < 1.29 is 4.79 Å². The van der Waals surface area contributed by atoms with Crippen LogP contribution in [0.4, 0.5) is 0 Å². The predicted octanol–water partition coefficient (Wildman–Crippen LogP) is 1.74. The van der Waals surface area contributed by atoms with Crippen LogP contribution in [0.15, 0.2) is 36.5 Å². The number of nitrogens with one attached hydrogen (secondary N) is 1. The number of para-hydroxylation sites is 1. The molecule has 1 N–H and O–H groups in total. The molecule has 0 spiro atoms. The zero-order valence-electron chi connectivity index (χ0n) is 8.10. The molecule has 1 aliphatic heterocycles. The van der Waals surface area contributed by atoms with Gasteiger partial charge in [-0.15, -0.1) is 0 Å². The van der Waals surface area contributed by atoms with Gasteiger partial charge in [0, 0.05) is 23.5 Å². The number of carbonyl (C=O) groups is 1. The third kappa shape index (κ3) is 1.24. The lowest BCUT2D eigenvalue weighted by Gasteiger charge is -1.99. The largest absolute Gasteiger partial charge is 0.331 e. The van der Waals surface area contributed by atoms with Gasteiger partial charge < -0.3 is 9.88 Å². The van der Waals surface area contributed by atoms with Crippen LogP contribution in [0, 0.1) is 0 Å². The number of rotatable bonds is 0. The summed E-state index contributed by atoms with van der Waals surface area (Å²) in [5.41, 5.74) is 2.17. The molecule has 3 heteroatoms. The minimum atomic E-state index is 0.0350. The molecule has 1 aromatic carbocycles. The zero-order valence-corrected chi connectivity index (χ0v) is 8.10. The van der Waals surface area contributed by atoms with Crippen LogP contribution in [0.2, 0.25) is 0 Å². The Morgan fingerprint density at radius 2 is 2.13 bits per heavy atom. The summed E-state index contributed by atoms with van der Waals surface area (Å²) in [5, 5.41) is 3.87. The lowest BCUT2D eigenvalue weighted by Crippen LogP contribution is -2.17. The molecule has 0 radical (unpaired) electrons. The zero-order chi connectivity index (χ0) is 10.3. The summed E-state index contributed by atoms with van der Waals surface area (Å²) < 4.78 is 2.05. The van der Waals surface area contributed by atoms with E-state index in [2.05, 4.69) is 23.5 Å². The smallest absolute Gasteiger partial charge is 0.229 e. The summed E-state index contributed by atoms with van der Waals surface area (Å²) in [5.74, 6) is 0.0350. The van der Waals surface area contributed by atoms with Gasteiger partial charge in [-0.25, -0.2) is 0 Å². The Morgan fingerprint density at radius 3 is 3.07 bits per heavy atom. The van der Waals surface area contributed by atoms with Crippen molar-refractivity contribution in [3.05, 3.63) is 42.2 Å². The fourth-order valence-electron chi connectivity index (χ4n) is 1.97. The second kappa shape index (κ2) is 2.98. The SMILES string of the molecule is O=C1Cc2cc3ccccc3n2C=CN1. The summed E-state index contributed by atoms with van der Waals surface area (Å²) in [4.78, 5) is 11.3. The van der Waals surface area contributed by atoms with Crippen LogP contribution in [0.25, 0.3) is 17.1 Å². The number of aromatic nitrogens is 1. The Balaban J connectivity index is 2.31. The Kier molecular flexibility index (Phi) is 1.65. The third-order valence-electron chi connectivity index (χ3n) is 2.64. The second-order valence-electron chi connectivity index (χ2n) is 3.62. The molecule has 0 aliphatic carbocycles. The van der Waals surface area contributed by atoms with Crippen molar-refractivity contribution in [1.82, 2.24) is 9.88 Å². The van der Waals surface area contributed by atoms with E-state index >= 15 is 0 Å². The molecule has 1 amide bonds. The number of hydrogen-bond donors (Lipinski definition) is 1. The van der Waals surface area contributed by atoms with Crippen molar-refractivity contribution in [3.8, 4) is 0 Å². The van der Waals surface area contributed by atoms with Gasteiger partial charge >= 0.3 is 0 Å². The van der Waals surface area contributed by atoms with E-state index in [1.54, 1.807) is 6.20 Å². The molecule has 0 atom stereocenters. The van der Waals surface area contributed by atoms with Crippen LogP contribution in [0.3, 0.4) is 0 Å². The van der Waals surface area contributed by atoms with Crippen molar-refractivity contribution in [2.75, 3.05) is 0 Å². The molecule has 74 valence electrons. The fourth-order valence-corrected chi connectivity index (χ4v) is 1.97. The van der Waals surface area contributed by atoms with Gasteiger partial charge in [0.05, 0.1) is 11.9 Å². The maximum absolute atomic E-state index is 11.3. The third-order valence-corrected chi connectivity index (χ3v) is 2.64. The fraction of sp³-hybridized carbons (Fsp3) is 0.0833. The van der Waals surface area contributed by atoms with E-state index < -0.39 is 0 Å². The molecule has 0 bridgehead atoms. The maximum Gasteiger partial charge on any atom is 0.229 e. The predicted molar refractivity (Wildman–Crippen MR) is 59.1 cm³/mol. The van der Waals surface area contributed by atoms with Gasteiger partial charge in [0.1, 0.15) is 0 Å². The summed E-state index contributed by atoms with van der Waals surface area (Å²) in [6.45, 7) is 0. The van der Waals surface area contributed by atoms with E-state index in [0.717, 1.165) is 11.2 Å². The number of benzene rings is 1. The lowest BCUT2D eigenvalue weighted by atomic mass is 10.2. The number of hydrogen-bond acceptors (Lipinski definition) is 1. The standard InChI is InChI=1S/C12H10N2O/c15-12-8-10-7-9-3-1-2-4-11(9)14(10)6-5-13-12/h1-7H,8H2,(H,13,15). The van der Waals surface area contributed by atoms with Crippen molar-refractivity contribution in [1.29, 1.82) is 0 Å². The Bertz CT molecular complexity index is 566. The van der Waals surface area contributed by atoms with Gasteiger partial charge in [-0.2, -0.15) is 0 Å². The Morgan fingerprint density at radius 1 is 1.27 bits per heavy atom. The van der Waals surface area contributed by atoms with Crippen molar-refractivity contribution in [3.63, 3.8) is 0 Å². The monoisotopic (exact) mass is 198 g/mol. The van der Waals surface area contributed by atoms with E-state index in [1.165, 1.54) is 5.39 Å². The molecule has 1 aromatic heterocycles. The highest BCUT2D eigenvalue weighted by atomic mass is 16.1. The van der Waals surface area contributed by atoms with Crippen LogP contribution < -0.4 is 5.32 Å². The summed E-state index contributed by atoms with van der Waals surface area (Å²) in [7, 11) is 0. The average Bonchev–Trinajstić information content (AvgIpc) is 2.46. The van der Waals surface area contributed by atoms with Crippen molar-refractivity contribution >= 4 is 23.0 Å². The molecule has 3 nitrogen and oxygen atoms in total. The van der Waals surface area contributed by atoms with E-state index in [0.29, 0.717) is 6.42 Å². The van der Waals surface area contributed by atoms with Gasteiger partial charge in [-0.1, -0.05) is 18.2 Å². The van der Waals surface area contributed by atoms with E-state index in [4.69, 9.17) is 0 Å². The first-order valence-corrected chi connectivity index (χ1v) is 4.89. The summed E-state index contributed by atoms with van der Waals surface area (Å²) >= 11 is 0. The number of carbonyl (C=O) groups excluding carboxylic acids is 1.